The van der Waals surface area contributed by atoms with Crippen molar-refractivity contribution in [3.8, 4) is 5.75 Å². The van der Waals surface area contributed by atoms with Crippen LogP contribution >= 0.6 is 0 Å². The van der Waals surface area contributed by atoms with Crippen molar-refractivity contribution in [2.45, 2.75) is 13.8 Å². The number of hydrogen-bond acceptors (Lipinski definition) is 4. The molecule has 0 fully saturated rings. The molecule has 1 aromatic rings. The van der Waals surface area contributed by atoms with Crippen LogP contribution in [0.4, 0.5) is 11.4 Å². The van der Waals surface area contributed by atoms with Crippen molar-refractivity contribution >= 4 is 17.3 Å². The van der Waals surface area contributed by atoms with Crippen molar-refractivity contribution in [1.29, 1.82) is 0 Å². The minimum atomic E-state index is -0.234. The summed E-state index contributed by atoms with van der Waals surface area (Å²) in [6, 6.07) is 5.34. The Hall–Kier alpha value is -2.01. The van der Waals surface area contributed by atoms with Gasteiger partial charge in [0.25, 0.3) is 0 Å². The maximum atomic E-state index is 11.1. The zero-order valence-corrected chi connectivity index (χ0v) is 13.3. The zero-order chi connectivity index (χ0) is 16.0. The van der Waals surface area contributed by atoms with Crippen molar-refractivity contribution < 1.29 is 9.53 Å². The maximum absolute atomic E-state index is 11.1. The third-order valence-corrected chi connectivity index (χ3v) is 1.92. The zero-order valence-electron chi connectivity index (χ0n) is 13.3. The predicted molar refractivity (Wildman–Crippen MR) is 87.7 cm³/mol. The highest BCUT2D eigenvalue weighted by Crippen LogP contribution is 2.27. The summed E-state index contributed by atoms with van der Waals surface area (Å²) in [6.45, 7) is 7.38. The molecule has 0 atom stereocenters. The highest BCUT2D eigenvalue weighted by molar-refractivity contribution is 5.99. The third kappa shape index (κ3) is 8.16. The van der Waals surface area contributed by atoms with Gasteiger partial charge in [-0.1, -0.05) is 20.4 Å². The number of nitrogens with one attached hydrogen (secondary N) is 3. The van der Waals surface area contributed by atoms with Crippen LogP contribution in [-0.4, -0.2) is 34.2 Å². The van der Waals surface area contributed by atoms with Crippen molar-refractivity contribution in [1.82, 2.24) is 5.32 Å². The summed E-state index contributed by atoms with van der Waals surface area (Å²) in [7, 11) is 7.13. The summed E-state index contributed by atoms with van der Waals surface area (Å²) in [5.74, 6) is 0.497. The Morgan fingerprint density at radius 1 is 1.25 bits per heavy atom. The molecule has 3 N–H and O–H groups in total. The summed E-state index contributed by atoms with van der Waals surface area (Å²) < 4.78 is 5.13. The Bertz CT molecular complexity index is 393. The Kier molecular flexibility index (Phi) is 13.6. The number of rotatable bonds is 4. The molecule has 0 spiro atoms. The Morgan fingerprint density at radius 2 is 1.80 bits per heavy atom. The third-order valence-electron chi connectivity index (χ3n) is 1.92. The molecule has 0 saturated heterocycles. The van der Waals surface area contributed by atoms with E-state index in [2.05, 4.69) is 22.5 Å². The smallest absolute Gasteiger partial charge is 0.247 e. The van der Waals surface area contributed by atoms with Gasteiger partial charge in [0.05, 0.1) is 12.8 Å². The summed E-state index contributed by atoms with van der Waals surface area (Å²) in [6.07, 6.45) is 1.23. The van der Waals surface area contributed by atoms with Gasteiger partial charge in [-0.25, -0.2) is 0 Å². The van der Waals surface area contributed by atoms with E-state index in [1.54, 1.807) is 32.4 Å². The van der Waals surface area contributed by atoms with Gasteiger partial charge in [-0.15, -0.1) is 0 Å². The van der Waals surface area contributed by atoms with Gasteiger partial charge in [0.15, 0.2) is 0 Å². The molecule has 114 valence electrons. The van der Waals surface area contributed by atoms with E-state index < -0.39 is 0 Å². The van der Waals surface area contributed by atoms with Crippen LogP contribution in [0, 0.1) is 0 Å². The Labute approximate surface area is 122 Å². The molecular formula is C15H27N3O2. The van der Waals surface area contributed by atoms with Crippen LogP contribution in [0.2, 0.25) is 0 Å². The second kappa shape index (κ2) is 13.4. The van der Waals surface area contributed by atoms with E-state index in [1.165, 1.54) is 6.08 Å². The standard InChI is InChI=1S/C11H14N2O2.C2H7N.C2H6/c1-4-11(14)13-8-5-6-10(15-3)9(7-8)12-2;1-3-2;1-2/h4-7,12H,1H2,2-3H3,(H,13,14);3H,1-2H3;1-2H3. The van der Waals surface area contributed by atoms with Gasteiger partial charge in [0.2, 0.25) is 5.91 Å². The number of anilines is 2. The van der Waals surface area contributed by atoms with Gasteiger partial charge in [-0.3, -0.25) is 4.79 Å². The van der Waals surface area contributed by atoms with Crippen LogP contribution < -0.4 is 20.7 Å². The first-order chi connectivity index (χ1) is 9.62. The van der Waals surface area contributed by atoms with Crippen molar-refractivity contribution in [3.63, 3.8) is 0 Å². The molecule has 0 heterocycles. The van der Waals surface area contributed by atoms with Gasteiger partial charge >= 0.3 is 0 Å². The molecule has 5 heteroatoms. The van der Waals surface area contributed by atoms with Gasteiger partial charge in [0, 0.05) is 12.7 Å². The average molecular weight is 281 g/mol. The molecule has 20 heavy (non-hydrogen) atoms. The predicted octanol–water partition coefficient (Wildman–Crippen LogP) is 2.72. The lowest BCUT2D eigenvalue weighted by molar-refractivity contribution is -0.111. The van der Waals surface area contributed by atoms with Crippen molar-refractivity contribution in [2.75, 3.05) is 38.9 Å². The summed E-state index contributed by atoms with van der Waals surface area (Å²) in [5.41, 5.74) is 1.52. The van der Waals surface area contributed by atoms with Gasteiger partial charge < -0.3 is 20.7 Å². The Morgan fingerprint density at radius 3 is 2.20 bits per heavy atom. The largest absolute Gasteiger partial charge is 0.495 e. The van der Waals surface area contributed by atoms with Gasteiger partial charge in [-0.2, -0.15) is 0 Å². The van der Waals surface area contributed by atoms with E-state index in [0.717, 1.165) is 11.4 Å². The number of hydrogen-bond donors (Lipinski definition) is 3. The van der Waals surface area contributed by atoms with E-state index >= 15 is 0 Å². The van der Waals surface area contributed by atoms with Gasteiger partial charge in [-0.05, 0) is 38.4 Å². The number of amides is 1. The molecule has 1 amide bonds. The molecule has 0 saturated carbocycles. The monoisotopic (exact) mass is 281 g/mol. The lowest BCUT2D eigenvalue weighted by atomic mass is 10.2. The fourth-order valence-electron chi connectivity index (χ4n) is 1.17. The van der Waals surface area contributed by atoms with Crippen LogP contribution in [-0.2, 0) is 4.79 Å². The first kappa shape index (κ1) is 20.3. The lowest BCUT2D eigenvalue weighted by Gasteiger charge is -2.10. The van der Waals surface area contributed by atoms with E-state index in [1.807, 2.05) is 27.9 Å². The molecule has 0 radical (unpaired) electrons. The van der Waals surface area contributed by atoms with E-state index in [-0.39, 0.29) is 5.91 Å². The molecule has 0 bridgehead atoms. The summed E-state index contributed by atoms with van der Waals surface area (Å²) in [4.78, 5) is 11.1. The van der Waals surface area contributed by atoms with Crippen LogP contribution in [0.25, 0.3) is 0 Å². The maximum Gasteiger partial charge on any atom is 0.247 e. The molecule has 0 aliphatic rings. The van der Waals surface area contributed by atoms with Crippen molar-refractivity contribution in [2.24, 2.45) is 0 Å². The number of methoxy groups -OCH3 is 1. The number of ether oxygens (including phenoxy) is 1. The first-order valence-corrected chi connectivity index (χ1v) is 6.50. The fourth-order valence-corrected chi connectivity index (χ4v) is 1.17. The SMILES string of the molecule is C=CC(=O)Nc1ccc(OC)c(NC)c1.CC.CNC. The number of carbonyl (C=O) groups excluding carboxylic acids is 1. The molecule has 0 aliphatic heterocycles. The van der Waals surface area contributed by atoms with E-state index in [9.17, 15) is 4.79 Å². The van der Waals surface area contributed by atoms with E-state index in [0.29, 0.717) is 5.69 Å². The normalized spacial score (nSPS) is 8.10. The van der Waals surface area contributed by atoms with Crippen LogP contribution in [0.1, 0.15) is 13.8 Å². The molecule has 1 rings (SSSR count). The summed E-state index contributed by atoms with van der Waals surface area (Å²) >= 11 is 0. The molecule has 1 aromatic carbocycles. The molecule has 0 aromatic heterocycles. The number of carbonyl (C=O) groups is 1. The van der Waals surface area contributed by atoms with Crippen molar-refractivity contribution in [3.05, 3.63) is 30.9 Å². The van der Waals surface area contributed by atoms with Crippen LogP contribution in [0.3, 0.4) is 0 Å². The fraction of sp³-hybridized carbons (Fsp3) is 0.400. The molecular weight excluding hydrogens is 254 g/mol. The highest BCUT2D eigenvalue weighted by Gasteiger charge is 2.03. The van der Waals surface area contributed by atoms with E-state index in [4.69, 9.17) is 4.74 Å². The minimum Gasteiger partial charge on any atom is -0.495 e. The molecule has 5 nitrogen and oxygen atoms in total. The van der Waals surface area contributed by atoms with Gasteiger partial charge in [0.1, 0.15) is 5.75 Å². The second-order valence-corrected chi connectivity index (χ2v) is 3.36. The minimum absolute atomic E-state index is 0.234. The lowest BCUT2D eigenvalue weighted by Crippen LogP contribution is -2.07. The van der Waals surface area contributed by atoms with Crippen LogP contribution in [0.15, 0.2) is 30.9 Å². The molecule has 0 aliphatic carbocycles. The topological polar surface area (TPSA) is 62.4 Å². The highest BCUT2D eigenvalue weighted by atomic mass is 16.5. The first-order valence-electron chi connectivity index (χ1n) is 6.50. The average Bonchev–Trinajstić information content (AvgIpc) is 2.49. The quantitative estimate of drug-likeness (QED) is 0.743. The van der Waals surface area contributed by atoms with Crippen LogP contribution in [0.5, 0.6) is 5.75 Å². The summed E-state index contributed by atoms with van der Waals surface area (Å²) in [5, 5.41) is 8.39. The molecule has 0 unspecified atom stereocenters. The Balaban J connectivity index is 0. The number of benzene rings is 1. The second-order valence-electron chi connectivity index (χ2n) is 3.36.